The van der Waals surface area contributed by atoms with Gasteiger partial charge >= 0.3 is 0 Å². The molecular weight excluding hydrogens is 422 g/mol. The Kier molecular flexibility index (Phi) is 5.09. The molecule has 4 aromatic rings. The van der Waals surface area contributed by atoms with Crippen molar-refractivity contribution in [1.29, 1.82) is 0 Å². The van der Waals surface area contributed by atoms with E-state index in [0.717, 1.165) is 38.5 Å². The number of halogens is 1. The van der Waals surface area contributed by atoms with Crippen molar-refractivity contribution in [2.45, 2.75) is 19.8 Å². The highest BCUT2D eigenvalue weighted by molar-refractivity contribution is 9.10. The highest BCUT2D eigenvalue weighted by atomic mass is 79.9. The molecule has 0 bridgehead atoms. The predicted molar refractivity (Wildman–Crippen MR) is 114 cm³/mol. The first-order chi connectivity index (χ1) is 13.1. The van der Waals surface area contributed by atoms with Gasteiger partial charge in [0.1, 0.15) is 0 Å². The van der Waals surface area contributed by atoms with Crippen LogP contribution in [0.5, 0.6) is 0 Å². The number of amides is 1. The number of aromatic nitrogens is 2. The molecule has 0 aliphatic rings. The van der Waals surface area contributed by atoms with E-state index in [1.54, 1.807) is 11.3 Å². The molecule has 0 aliphatic heterocycles. The van der Waals surface area contributed by atoms with Crippen LogP contribution in [0.4, 0.5) is 5.69 Å². The maximum absolute atomic E-state index is 12.4. The Morgan fingerprint density at radius 3 is 2.59 bits per heavy atom. The van der Waals surface area contributed by atoms with Crippen LogP contribution in [-0.4, -0.2) is 15.3 Å². The molecule has 0 atom stereocenters. The number of hydrogen-bond acceptors (Lipinski definition) is 3. The van der Waals surface area contributed by atoms with Crippen molar-refractivity contribution in [2.75, 3.05) is 5.32 Å². The summed E-state index contributed by atoms with van der Waals surface area (Å²) in [5, 5.41) is 4.93. The van der Waals surface area contributed by atoms with Crippen molar-refractivity contribution < 1.29 is 4.79 Å². The number of thiazole rings is 1. The van der Waals surface area contributed by atoms with Crippen molar-refractivity contribution >= 4 is 43.8 Å². The van der Waals surface area contributed by atoms with Gasteiger partial charge < -0.3 is 5.32 Å². The smallest absolute Gasteiger partial charge is 0.230 e. The van der Waals surface area contributed by atoms with E-state index in [2.05, 4.69) is 52.4 Å². The molecule has 4 nitrogen and oxygen atoms in total. The van der Waals surface area contributed by atoms with Gasteiger partial charge in [0.25, 0.3) is 0 Å². The van der Waals surface area contributed by atoms with E-state index in [-0.39, 0.29) is 5.91 Å². The number of carbonyl (C=O) groups excluding carboxylic acids is 1. The van der Waals surface area contributed by atoms with E-state index in [0.29, 0.717) is 6.42 Å². The number of aryl methyl sites for hydroxylation is 1. The number of fused-ring (bicyclic) bond motifs is 1. The van der Waals surface area contributed by atoms with Crippen LogP contribution in [-0.2, 0) is 17.6 Å². The molecule has 6 heteroatoms. The zero-order chi connectivity index (χ0) is 18.8. The van der Waals surface area contributed by atoms with Crippen molar-refractivity contribution in [3.05, 3.63) is 75.8 Å². The first-order valence-corrected chi connectivity index (χ1v) is 10.4. The Bertz CT molecular complexity index is 1080. The second-order valence-electron chi connectivity index (χ2n) is 6.29. The van der Waals surface area contributed by atoms with Gasteiger partial charge in [0.15, 0.2) is 4.96 Å². The first kappa shape index (κ1) is 17.9. The summed E-state index contributed by atoms with van der Waals surface area (Å²) >= 11 is 4.95. The van der Waals surface area contributed by atoms with Crippen LogP contribution in [0.2, 0.25) is 0 Å². The number of nitrogens with one attached hydrogen (secondary N) is 1. The van der Waals surface area contributed by atoms with Gasteiger partial charge in [0.05, 0.1) is 12.1 Å². The van der Waals surface area contributed by atoms with Gasteiger partial charge in [-0.25, -0.2) is 4.98 Å². The molecule has 0 unspecified atom stereocenters. The SMILES string of the molecule is CCc1ccc(-c2cn3c(CC(=O)Nc4ccc(Br)cc4)csc3n2)cc1. The van der Waals surface area contributed by atoms with E-state index < -0.39 is 0 Å². The van der Waals surface area contributed by atoms with E-state index >= 15 is 0 Å². The fraction of sp³-hybridized carbons (Fsp3) is 0.143. The molecule has 0 fully saturated rings. The summed E-state index contributed by atoms with van der Waals surface area (Å²) < 4.78 is 2.99. The van der Waals surface area contributed by atoms with E-state index in [4.69, 9.17) is 4.98 Å². The summed E-state index contributed by atoms with van der Waals surface area (Å²) in [6.45, 7) is 2.15. The average Bonchev–Trinajstić information content (AvgIpc) is 3.26. The Hall–Kier alpha value is -2.44. The first-order valence-electron chi connectivity index (χ1n) is 8.72. The molecule has 0 spiro atoms. The minimum Gasteiger partial charge on any atom is -0.326 e. The summed E-state index contributed by atoms with van der Waals surface area (Å²) in [5.74, 6) is -0.0421. The molecule has 4 rings (SSSR count). The van der Waals surface area contributed by atoms with Gasteiger partial charge in [0.2, 0.25) is 5.91 Å². The zero-order valence-corrected chi connectivity index (χ0v) is 17.2. The third-order valence-electron chi connectivity index (χ3n) is 4.41. The number of nitrogens with zero attached hydrogens (tertiary/aromatic N) is 2. The number of hydrogen-bond donors (Lipinski definition) is 1. The van der Waals surface area contributed by atoms with Crippen LogP contribution in [0.1, 0.15) is 18.2 Å². The molecule has 1 amide bonds. The molecule has 2 heterocycles. The Morgan fingerprint density at radius 2 is 1.89 bits per heavy atom. The van der Waals surface area contributed by atoms with Gasteiger partial charge in [0, 0.05) is 33.0 Å². The summed E-state index contributed by atoms with van der Waals surface area (Å²) in [6, 6.07) is 16.0. The molecule has 1 N–H and O–H groups in total. The highest BCUT2D eigenvalue weighted by Crippen LogP contribution is 2.24. The Morgan fingerprint density at radius 1 is 1.15 bits per heavy atom. The molecule has 0 aliphatic carbocycles. The molecule has 0 saturated carbocycles. The van der Waals surface area contributed by atoms with Gasteiger partial charge in [-0.2, -0.15) is 0 Å². The van der Waals surface area contributed by atoms with Crippen molar-refractivity contribution in [1.82, 2.24) is 9.38 Å². The lowest BCUT2D eigenvalue weighted by Crippen LogP contribution is -2.15. The lowest BCUT2D eigenvalue weighted by Gasteiger charge is -2.05. The number of anilines is 1. The largest absolute Gasteiger partial charge is 0.326 e. The summed E-state index contributed by atoms with van der Waals surface area (Å²) in [6.07, 6.45) is 3.34. The van der Waals surface area contributed by atoms with Crippen molar-refractivity contribution in [2.24, 2.45) is 0 Å². The normalized spacial score (nSPS) is 11.0. The fourth-order valence-electron chi connectivity index (χ4n) is 2.91. The van der Waals surface area contributed by atoms with Crippen LogP contribution in [0.15, 0.2) is 64.6 Å². The number of benzene rings is 2. The third kappa shape index (κ3) is 3.96. The maximum Gasteiger partial charge on any atom is 0.230 e. The molecule has 0 saturated heterocycles. The highest BCUT2D eigenvalue weighted by Gasteiger charge is 2.13. The van der Waals surface area contributed by atoms with Gasteiger partial charge in [-0.3, -0.25) is 9.20 Å². The minimum atomic E-state index is -0.0421. The second kappa shape index (κ2) is 7.66. The summed E-state index contributed by atoms with van der Waals surface area (Å²) in [5.41, 5.74) is 5.06. The van der Waals surface area contributed by atoms with E-state index in [1.165, 1.54) is 5.56 Å². The maximum atomic E-state index is 12.4. The topological polar surface area (TPSA) is 46.4 Å². The molecule has 27 heavy (non-hydrogen) atoms. The number of carbonyl (C=O) groups is 1. The molecular formula is C21H18BrN3OS. The third-order valence-corrected chi connectivity index (χ3v) is 5.83. The van der Waals surface area contributed by atoms with Crippen LogP contribution >= 0.6 is 27.3 Å². The Balaban J connectivity index is 1.53. The Labute approximate surface area is 170 Å². The van der Waals surface area contributed by atoms with Crippen LogP contribution in [0, 0.1) is 0 Å². The van der Waals surface area contributed by atoms with Gasteiger partial charge in [-0.05, 0) is 36.2 Å². The summed E-state index contributed by atoms with van der Waals surface area (Å²) in [7, 11) is 0. The quantitative estimate of drug-likeness (QED) is 0.441. The molecule has 136 valence electrons. The predicted octanol–water partition coefficient (Wildman–Crippen LogP) is 5.57. The average molecular weight is 440 g/mol. The van der Waals surface area contributed by atoms with Crippen LogP contribution < -0.4 is 5.32 Å². The molecule has 2 aromatic carbocycles. The van der Waals surface area contributed by atoms with Crippen LogP contribution in [0.25, 0.3) is 16.2 Å². The lowest BCUT2D eigenvalue weighted by molar-refractivity contribution is -0.115. The van der Waals surface area contributed by atoms with Gasteiger partial charge in [-0.1, -0.05) is 47.1 Å². The standard InChI is InChI=1S/C21H18BrN3OS/c1-2-14-3-5-15(6-4-14)19-12-25-18(13-27-21(25)24-19)11-20(26)23-17-9-7-16(22)8-10-17/h3-10,12-13H,2,11H2,1H3,(H,23,26). The second-order valence-corrected chi connectivity index (χ2v) is 8.04. The van der Waals surface area contributed by atoms with Crippen molar-refractivity contribution in [3.8, 4) is 11.3 Å². The van der Waals surface area contributed by atoms with Gasteiger partial charge in [-0.15, -0.1) is 11.3 Å². The summed E-state index contributed by atoms with van der Waals surface area (Å²) in [4.78, 5) is 18.0. The molecule has 2 aromatic heterocycles. The minimum absolute atomic E-state index is 0.0421. The van der Waals surface area contributed by atoms with E-state index in [1.807, 2.05) is 40.2 Å². The fourth-order valence-corrected chi connectivity index (χ4v) is 4.05. The van der Waals surface area contributed by atoms with E-state index in [9.17, 15) is 4.79 Å². The zero-order valence-electron chi connectivity index (χ0n) is 14.8. The monoisotopic (exact) mass is 439 g/mol. The van der Waals surface area contributed by atoms with Crippen LogP contribution in [0.3, 0.4) is 0 Å². The lowest BCUT2D eigenvalue weighted by atomic mass is 10.1. The van der Waals surface area contributed by atoms with Crippen molar-refractivity contribution in [3.63, 3.8) is 0 Å². The molecule has 0 radical (unpaired) electrons. The number of rotatable bonds is 5. The number of imidazole rings is 1.